The molecule has 4 heterocycles. The van der Waals surface area contributed by atoms with Gasteiger partial charge in [-0.25, -0.2) is 0 Å². The number of rotatable bonds is 2. The summed E-state index contributed by atoms with van der Waals surface area (Å²) < 4.78 is 34.5. The monoisotopic (exact) mass is 354 g/mol. The van der Waals surface area contributed by atoms with E-state index in [4.69, 9.17) is 28.4 Å². The van der Waals surface area contributed by atoms with Gasteiger partial charge in [-0.1, -0.05) is 18.2 Å². The van der Waals surface area contributed by atoms with E-state index >= 15 is 0 Å². The average molecular weight is 354 g/mol. The number of hydrogen-bond acceptors (Lipinski definition) is 6. The van der Waals surface area contributed by atoms with Crippen molar-refractivity contribution in [1.29, 1.82) is 0 Å². The Kier molecular flexibility index (Phi) is 3.12. The Bertz CT molecular complexity index is 865. The summed E-state index contributed by atoms with van der Waals surface area (Å²) in [6.07, 6.45) is -0.0240. The third-order valence-corrected chi connectivity index (χ3v) is 5.72. The van der Waals surface area contributed by atoms with Crippen molar-refractivity contribution in [1.82, 2.24) is 0 Å². The number of para-hydroxylation sites is 1. The summed E-state index contributed by atoms with van der Waals surface area (Å²) >= 11 is 0. The van der Waals surface area contributed by atoms with E-state index in [1.165, 1.54) is 0 Å². The van der Waals surface area contributed by atoms with Gasteiger partial charge < -0.3 is 28.4 Å². The highest BCUT2D eigenvalue weighted by atomic mass is 16.7. The van der Waals surface area contributed by atoms with Gasteiger partial charge in [-0.3, -0.25) is 0 Å². The fourth-order valence-electron chi connectivity index (χ4n) is 4.48. The molecule has 0 spiro atoms. The smallest absolute Gasteiger partial charge is 0.231 e. The van der Waals surface area contributed by atoms with Crippen molar-refractivity contribution in [3.63, 3.8) is 0 Å². The van der Waals surface area contributed by atoms with Crippen molar-refractivity contribution >= 4 is 0 Å². The van der Waals surface area contributed by atoms with Crippen molar-refractivity contribution in [2.24, 2.45) is 11.8 Å². The van der Waals surface area contributed by atoms with E-state index in [0.29, 0.717) is 25.0 Å². The standard InChI is InChI=1S/C20H18O6/c1-2-12(20-16(3-1)24-10-26-20)19-14-8-21-18(13(14)7-22-19)11-4-5-15-17(6-11)25-9-23-15/h1-6,13-14,18-19H,7-10H2/t13-,14-,18+,19-/m0/s1. The summed E-state index contributed by atoms with van der Waals surface area (Å²) in [5.74, 6) is 3.78. The summed E-state index contributed by atoms with van der Waals surface area (Å²) in [5.41, 5.74) is 2.17. The molecule has 6 heteroatoms. The van der Waals surface area contributed by atoms with Crippen LogP contribution in [0.3, 0.4) is 0 Å². The van der Waals surface area contributed by atoms with Crippen LogP contribution in [-0.2, 0) is 9.47 Å². The molecule has 0 N–H and O–H groups in total. The van der Waals surface area contributed by atoms with Gasteiger partial charge in [0, 0.05) is 17.4 Å². The SMILES string of the molecule is c1cc2c(c([C@@H]3OC[C@H]4[C@@H]3CO[C@@H]4c3ccc4c(c3)OCO4)c1)OCO2. The normalized spacial score (nSPS) is 30.6. The summed E-state index contributed by atoms with van der Waals surface area (Å²) in [5, 5.41) is 0. The molecule has 26 heavy (non-hydrogen) atoms. The Morgan fingerprint density at radius 3 is 2.42 bits per heavy atom. The summed E-state index contributed by atoms with van der Waals surface area (Å²) in [4.78, 5) is 0. The van der Waals surface area contributed by atoms with Crippen LogP contribution >= 0.6 is 0 Å². The molecule has 0 radical (unpaired) electrons. The molecule has 0 bridgehead atoms. The molecule has 0 aromatic heterocycles. The lowest BCUT2D eigenvalue weighted by atomic mass is 9.84. The molecule has 0 aliphatic carbocycles. The summed E-state index contributed by atoms with van der Waals surface area (Å²) in [7, 11) is 0. The molecule has 0 amide bonds. The van der Waals surface area contributed by atoms with Gasteiger partial charge in [0.05, 0.1) is 25.4 Å². The average Bonchev–Trinajstić information content (AvgIpc) is 3.42. The Morgan fingerprint density at radius 1 is 0.692 bits per heavy atom. The fourth-order valence-corrected chi connectivity index (χ4v) is 4.48. The first-order valence-electron chi connectivity index (χ1n) is 8.90. The van der Waals surface area contributed by atoms with Crippen LogP contribution in [-0.4, -0.2) is 26.8 Å². The van der Waals surface area contributed by atoms with Gasteiger partial charge in [-0.05, 0) is 23.8 Å². The van der Waals surface area contributed by atoms with Gasteiger partial charge in [-0.15, -0.1) is 0 Å². The van der Waals surface area contributed by atoms with Crippen LogP contribution in [0.25, 0.3) is 0 Å². The van der Waals surface area contributed by atoms with Crippen LogP contribution in [0.5, 0.6) is 23.0 Å². The number of ether oxygens (including phenoxy) is 6. The number of benzene rings is 2. The van der Waals surface area contributed by atoms with E-state index in [0.717, 1.165) is 34.1 Å². The zero-order valence-corrected chi connectivity index (χ0v) is 14.1. The van der Waals surface area contributed by atoms with Gasteiger partial charge in [0.15, 0.2) is 23.0 Å². The van der Waals surface area contributed by atoms with Gasteiger partial charge >= 0.3 is 0 Å². The topological polar surface area (TPSA) is 55.4 Å². The molecule has 134 valence electrons. The van der Waals surface area contributed by atoms with Crippen LogP contribution in [0.1, 0.15) is 23.3 Å². The molecule has 0 saturated carbocycles. The van der Waals surface area contributed by atoms with E-state index in [9.17, 15) is 0 Å². The number of hydrogen-bond donors (Lipinski definition) is 0. The first-order chi connectivity index (χ1) is 12.9. The van der Waals surface area contributed by atoms with Gasteiger partial charge in [0.1, 0.15) is 0 Å². The zero-order chi connectivity index (χ0) is 17.1. The summed E-state index contributed by atoms with van der Waals surface area (Å²) in [6, 6.07) is 12.0. The second-order valence-corrected chi connectivity index (χ2v) is 7.03. The van der Waals surface area contributed by atoms with Gasteiger partial charge in [0.2, 0.25) is 13.6 Å². The molecule has 2 aromatic rings. The Hall–Kier alpha value is -2.44. The molecule has 2 saturated heterocycles. The zero-order valence-electron chi connectivity index (χ0n) is 14.1. The largest absolute Gasteiger partial charge is 0.454 e. The van der Waals surface area contributed by atoms with Crippen molar-refractivity contribution < 1.29 is 28.4 Å². The minimum atomic E-state index is -0.0318. The molecule has 4 aliphatic heterocycles. The third-order valence-electron chi connectivity index (χ3n) is 5.72. The molecule has 6 rings (SSSR count). The van der Waals surface area contributed by atoms with Crippen LogP contribution in [0, 0.1) is 11.8 Å². The maximum absolute atomic E-state index is 6.20. The maximum atomic E-state index is 6.20. The predicted octanol–water partition coefficient (Wildman–Crippen LogP) is 3.22. The Balaban J connectivity index is 1.30. The lowest BCUT2D eigenvalue weighted by Crippen LogP contribution is -2.14. The third kappa shape index (κ3) is 2.06. The highest BCUT2D eigenvalue weighted by Gasteiger charge is 2.49. The molecule has 6 nitrogen and oxygen atoms in total. The Labute approximate surface area is 150 Å². The molecule has 0 unspecified atom stereocenters. The molecular formula is C20H18O6. The van der Waals surface area contributed by atoms with Crippen molar-refractivity contribution in [3.05, 3.63) is 47.5 Å². The Morgan fingerprint density at radius 2 is 1.46 bits per heavy atom. The van der Waals surface area contributed by atoms with Crippen LogP contribution < -0.4 is 18.9 Å². The minimum Gasteiger partial charge on any atom is -0.454 e. The van der Waals surface area contributed by atoms with Crippen molar-refractivity contribution in [3.8, 4) is 23.0 Å². The van der Waals surface area contributed by atoms with E-state index in [2.05, 4.69) is 12.1 Å². The lowest BCUT2D eigenvalue weighted by Gasteiger charge is -2.18. The maximum Gasteiger partial charge on any atom is 0.231 e. The second-order valence-electron chi connectivity index (χ2n) is 7.03. The molecule has 4 aliphatic rings. The molecule has 2 aromatic carbocycles. The summed E-state index contributed by atoms with van der Waals surface area (Å²) in [6.45, 7) is 1.88. The molecule has 2 fully saturated rings. The highest BCUT2D eigenvalue weighted by Crippen LogP contribution is 2.53. The van der Waals surface area contributed by atoms with Crippen LogP contribution in [0.15, 0.2) is 36.4 Å². The van der Waals surface area contributed by atoms with E-state index in [1.807, 2.05) is 24.3 Å². The van der Waals surface area contributed by atoms with E-state index in [-0.39, 0.29) is 25.8 Å². The quantitative estimate of drug-likeness (QED) is 0.825. The molecular weight excluding hydrogens is 336 g/mol. The van der Waals surface area contributed by atoms with Crippen LogP contribution in [0.4, 0.5) is 0 Å². The highest BCUT2D eigenvalue weighted by molar-refractivity contribution is 5.50. The van der Waals surface area contributed by atoms with E-state index < -0.39 is 0 Å². The first kappa shape index (κ1) is 14.7. The second kappa shape index (κ2) is 5.53. The first-order valence-corrected chi connectivity index (χ1v) is 8.90. The fraction of sp³-hybridized carbons (Fsp3) is 0.400. The predicted molar refractivity (Wildman–Crippen MR) is 89.5 cm³/mol. The number of fused-ring (bicyclic) bond motifs is 3. The van der Waals surface area contributed by atoms with Crippen molar-refractivity contribution in [2.75, 3.05) is 26.8 Å². The van der Waals surface area contributed by atoms with E-state index in [1.54, 1.807) is 0 Å². The van der Waals surface area contributed by atoms with Gasteiger partial charge in [-0.2, -0.15) is 0 Å². The van der Waals surface area contributed by atoms with Gasteiger partial charge in [0.25, 0.3) is 0 Å². The lowest BCUT2D eigenvalue weighted by molar-refractivity contribution is 0.0184. The molecule has 4 atom stereocenters. The minimum absolute atomic E-state index is 0.00780. The van der Waals surface area contributed by atoms with Crippen molar-refractivity contribution in [2.45, 2.75) is 12.2 Å². The van der Waals surface area contributed by atoms with Crippen LogP contribution in [0.2, 0.25) is 0 Å².